The molecule has 1 heterocycles. The minimum atomic E-state index is -3.42. The van der Waals surface area contributed by atoms with E-state index in [-0.39, 0.29) is 4.90 Å². The Kier molecular flexibility index (Phi) is 4.89. The Morgan fingerprint density at radius 3 is 2.71 bits per heavy atom. The summed E-state index contributed by atoms with van der Waals surface area (Å²) in [6, 6.07) is 3.00. The van der Waals surface area contributed by atoms with Crippen molar-refractivity contribution >= 4 is 15.8 Å². The third kappa shape index (κ3) is 4.32. The zero-order valence-corrected chi connectivity index (χ0v) is 11.2. The molecule has 0 aliphatic carbocycles. The second-order valence-corrected chi connectivity index (χ2v) is 5.97. The molecule has 17 heavy (non-hydrogen) atoms. The Balaban J connectivity index is 2.75. The lowest BCUT2D eigenvalue weighted by Gasteiger charge is -2.09. The van der Waals surface area contributed by atoms with Crippen LogP contribution in [0.15, 0.2) is 23.2 Å². The maximum absolute atomic E-state index is 11.9. The summed E-state index contributed by atoms with van der Waals surface area (Å²) in [5, 5.41) is 2.81. The van der Waals surface area contributed by atoms with Crippen molar-refractivity contribution in [1.29, 1.82) is 0 Å². The Labute approximate surface area is 103 Å². The van der Waals surface area contributed by atoms with Gasteiger partial charge in [-0.1, -0.05) is 13.8 Å². The van der Waals surface area contributed by atoms with Crippen LogP contribution in [0.5, 0.6) is 0 Å². The molecule has 0 spiro atoms. The van der Waals surface area contributed by atoms with E-state index in [2.05, 4.69) is 28.9 Å². The topological polar surface area (TPSA) is 71.1 Å². The molecule has 0 radical (unpaired) electrons. The number of anilines is 1. The molecule has 1 aromatic heterocycles. The van der Waals surface area contributed by atoms with Gasteiger partial charge in [0, 0.05) is 25.9 Å². The zero-order valence-electron chi connectivity index (χ0n) is 10.4. The Bertz CT molecular complexity index is 458. The van der Waals surface area contributed by atoms with Gasteiger partial charge in [0.05, 0.1) is 4.90 Å². The first-order chi connectivity index (χ1) is 7.95. The van der Waals surface area contributed by atoms with E-state index in [1.807, 2.05) is 0 Å². The minimum absolute atomic E-state index is 0.237. The number of pyridine rings is 1. The summed E-state index contributed by atoms with van der Waals surface area (Å²) in [6.45, 7) is 4.57. The van der Waals surface area contributed by atoms with Gasteiger partial charge in [0.15, 0.2) is 0 Å². The maximum atomic E-state index is 11.9. The fourth-order valence-electron chi connectivity index (χ4n) is 1.28. The average Bonchev–Trinajstić information content (AvgIpc) is 2.28. The average molecular weight is 257 g/mol. The van der Waals surface area contributed by atoms with Crippen LogP contribution in [-0.2, 0) is 10.0 Å². The van der Waals surface area contributed by atoms with E-state index in [0.717, 1.165) is 6.42 Å². The van der Waals surface area contributed by atoms with Crippen LogP contribution in [0, 0.1) is 5.92 Å². The van der Waals surface area contributed by atoms with Crippen LogP contribution in [0.1, 0.15) is 20.3 Å². The van der Waals surface area contributed by atoms with E-state index in [1.165, 1.54) is 18.3 Å². The van der Waals surface area contributed by atoms with Crippen LogP contribution >= 0.6 is 0 Å². The van der Waals surface area contributed by atoms with Crippen LogP contribution in [0.4, 0.5) is 5.82 Å². The molecule has 96 valence electrons. The lowest BCUT2D eigenvalue weighted by molar-refractivity contribution is 0.551. The summed E-state index contributed by atoms with van der Waals surface area (Å²) >= 11 is 0. The van der Waals surface area contributed by atoms with E-state index >= 15 is 0 Å². The third-order valence-electron chi connectivity index (χ3n) is 2.31. The standard InChI is InChI=1S/C11H19N3O2S/c1-9(2)4-7-14-17(15,16)10-5-6-13-11(8-10)12-3/h5-6,8-9,14H,4,7H2,1-3H3,(H,12,13). The Hall–Kier alpha value is -1.14. The number of nitrogens with zero attached hydrogens (tertiary/aromatic N) is 1. The van der Waals surface area contributed by atoms with Gasteiger partial charge in [0.2, 0.25) is 10.0 Å². The van der Waals surface area contributed by atoms with Crippen molar-refractivity contribution < 1.29 is 8.42 Å². The van der Waals surface area contributed by atoms with Crippen molar-refractivity contribution in [2.24, 2.45) is 5.92 Å². The van der Waals surface area contributed by atoms with Crippen LogP contribution < -0.4 is 10.0 Å². The third-order valence-corrected chi connectivity index (χ3v) is 3.77. The zero-order chi connectivity index (χ0) is 12.9. The highest BCUT2D eigenvalue weighted by atomic mass is 32.2. The number of nitrogens with one attached hydrogen (secondary N) is 2. The van der Waals surface area contributed by atoms with Gasteiger partial charge in [-0.3, -0.25) is 0 Å². The molecule has 0 aliphatic heterocycles. The summed E-state index contributed by atoms with van der Waals surface area (Å²) in [4.78, 5) is 4.21. The maximum Gasteiger partial charge on any atom is 0.240 e. The highest BCUT2D eigenvalue weighted by Gasteiger charge is 2.14. The van der Waals surface area contributed by atoms with E-state index in [0.29, 0.717) is 18.3 Å². The first kappa shape index (κ1) is 13.9. The van der Waals surface area contributed by atoms with Crippen LogP contribution in [-0.4, -0.2) is 27.0 Å². The smallest absolute Gasteiger partial charge is 0.240 e. The van der Waals surface area contributed by atoms with Gasteiger partial charge in [-0.25, -0.2) is 18.1 Å². The van der Waals surface area contributed by atoms with Gasteiger partial charge in [-0.15, -0.1) is 0 Å². The first-order valence-corrected chi connectivity index (χ1v) is 7.07. The molecule has 0 aromatic carbocycles. The highest BCUT2D eigenvalue weighted by Crippen LogP contribution is 2.12. The van der Waals surface area contributed by atoms with E-state index in [9.17, 15) is 8.42 Å². The quantitative estimate of drug-likeness (QED) is 0.809. The molecule has 1 rings (SSSR count). The van der Waals surface area contributed by atoms with E-state index < -0.39 is 10.0 Å². The molecule has 0 saturated carbocycles. The molecule has 6 heteroatoms. The number of rotatable bonds is 6. The molecular formula is C11H19N3O2S. The molecule has 1 aromatic rings. The number of aromatic nitrogens is 1. The molecule has 2 N–H and O–H groups in total. The molecule has 0 saturated heterocycles. The van der Waals surface area contributed by atoms with Crippen molar-refractivity contribution in [3.05, 3.63) is 18.3 Å². The number of sulfonamides is 1. The van der Waals surface area contributed by atoms with Gasteiger partial charge in [-0.2, -0.15) is 0 Å². The molecule has 0 fully saturated rings. The van der Waals surface area contributed by atoms with E-state index in [4.69, 9.17) is 0 Å². The monoisotopic (exact) mass is 257 g/mol. The van der Waals surface area contributed by atoms with Gasteiger partial charge >= 0.3 is 0 Å². The Morgan fingerprint density at radius 1 is 1.41 bits per heavy atom. The van der Waals surface area contributed by atoms with Gasteiger partial charge in [-0.05, 0) is 18.4 Å². The summed E-state index contributed by atoms with van der Waals surface area (Å²) in [6.07, 6.45) is 2.30. The number of hydrogen-bond donors (Lipinski definition) is 2. The summed E-state index contributed by atoms with van der Waals surface area (Å²) in [5.41, 5.74) is 0. The molecule has 0 amide bonds. The van der Waals surface area contributed by atoms with Gasteiger partial charge in [0.1, 0.15) is 5.82 Å². The highest BCUT2D eigenvalue weighted by molar-refractivity contribution is 7.89. The summed E-state index contributed by atoms with van der Waals surface area (Å²) < 4.78 is 26.4. The largest absolute Gasteiger partial charge is 0.373 e. The summed E-state index contributed by atoms with van der Waals surface area (Å²) in [5.74, 6) is 1.01. The van der Waals surface area contributed by atoms with Crippen molar-refractivity contribution in [2.45, 2.75) is 25.2 Å². The van der Waals surface area contributed by atoms with Gasteiger partial charge in [0.25, 0.3) is 0 Å². The SMILES string of the molecule is CNc1cc(S(=O)(=O)NCCC(C)C)ccn1. The second-order valence-electron chi connectivity index (χ2n) is 4.21. The lowest BCUT2D eigenvalue weighted by atomic mass is 10.1. The first-order valence-electron chi connectivity index (χ1n) is 5.59. The fraction of sp³-hybridized carbons (Fsp3) is 0.545. The van der Waals surface area contributed by atoms with Gasteiger partial charge < -0.3 is 5.32 Å². The number of hydrogen-bond acceptors (Lipinski definition) is 4. The molecule has 0 atom stereocenters. The predicted molar refractivity (Wildman–Crippen MR) is 68.4 cm³/mol. The Morgan fingerprint density at radius 2 is 2.12 bits per heavy atom. The molecule has 0 bridgehead atoms. The molecule has 0 aliphatic rings. The molecule has 0 unspecified atom stereocenters. The molecule has 5 nitrogen and oxygen atoms in total. The summed E-state index contributed by atoms with van der Waals surface area (Å²) in [7, 11) is -1.72. The van der Waals surface area contributed by atoms with Crippen molar-refractivity contribution in [3.8, 4) is 0 Å². The normalized spacial score (nSPS) is 11.8. The fourth-order valence-corrected chi connectivity index (χ4v) is 2.34. The predicted octanol–water partition coefficient (Wildman–Crippen LogP) is 1.45. The van der Waals surface area contributed by atoms with Crippen molar-refractivity contribution in [3.63, 3.8) is 0 Å². The van der Waals surface area contributed by atoms with Crippen LogP contribution in [0.25, 0.3) is 0 Å². The lowest BCUT2D eigenvalue weighted by Crippen LogP contribution is -2.25. The van der Waals surface area contributed by atoms with Crippen LogP contribution in [0.2, 0.25) is 0 Å². The molecular weight excluding hydrogens is 238 g/mol. The van der Waals surface area contributed by atoms with E-state index in [1.54, 1.807) is 7.05 Å². The van der Waals surface area contributed by atoms with Crippen molar-refractivity contribution in [2.75, 3.05) is 18.9 Å². The second kappa shape index (κ2) is 5.97. The van der Waals surface area contributed by atoms with Crippen LogP contribution in [0.3, 0.4) is 0 Å². The minimum Gasteiger partial charge on any atom is -0.373 e. The van der Waals surface area contributed by atoms with Crippen molar-refractivity contribution in [1.82, 2.24) is 9.71 Å².